The normalized spacial score (nSPS) is 21.6. The molecule has 20 heavy (non-hydrogen) atoms. The fraction of sp³-hybridized carbons (Fsp3) is 0.533. The Labute approximate surface area is 119 Å². The predicted octanol–water partition coefficient (Wildman–Crippen LogP) is 0.640. The van der Waals surface area contributed by atoms with E-state index in [4.69, 9.17) is 5.11 Å². The third kappa shape index (κ3) is 4.92. The van der Waals surface area contributed by atoms with Crippen LogP contribution in [0.3, 0.4) is 0 Å². The predicted molar refractivity (Wildman–Crippen MR) is 76.4 cm³/mol. The van der Waals surface area contributed by atoms with E-state index in [-0.39, 0.29) is 6.42 Å². The molecule has 5 nitrogen and oxygen atoms in total. The molecule has 1 heterocycles. The standard InChI is InChI=1S/C15H22N2O3/c18-14-11-16(7-6-15(19)20)8-9-17(12-14)10-13-4-2-1-3-5-13/h1-5,14,18H,6-12H2,(H,19,20). The number of β-amino-alcohol motifs (C(OH)–C–C–N with tert-alkyl or cyclic N) is 1. The second-order valence-corrected chi connectivity index (χ2v) is 5.32. The molecule has 0 aromatic heterocycles. The Morgan fingerprint density at radius 3 is 2.50 bits per heavy atom. The summed E-state index contributed by atoms with van der Waals surface area (Å²) < 4.78 is 0. The van der Waals surface area contributed by atoms with Gasteiger partial charge in [-0.3, -0.25) is 14.6 Å². The van der Waals surface area contributed by atoms with Crippen LogP contribution in [0.25, 0.3) is 0 Å². The number of hydrogen-bond acceptors (Lipinski definition) is 4. The molecule has 1 aromatic rings. The summed E-state index contributed by atoms with van der Waals surface area (Å²) in [7, 11) is 0. The number of carboxylic acid groups (broad SMARTS) is 1. The molecule has 1 unspecified atom stereocenters. The number of benzene rings is 1. The van der Waals surface area contributed by atoms with E-state index in [1.807, 2.05) is 23.1 Å². The molecule has 0 amide bonds. The molecule has 0 spiro atoms. The van der Waals surface area contributed by atoms with E-state index in [0.29, 0.717) is 19.6 Å². The van der Waals surface area contributed by atoms with Crippen LogP contribution in [0.15, 0.2) is 30.3 Å². The third-order valence-electron chi connectivity index (χ3n) is 3.56. The zero-order chi connectivity index (χ0) is 14.4. The van der Waals surface area contributed by atoms with Gasteiger partial charge in [-0.25, -0.2) is 0 Å². The summed E-state index contributed by atoms with van der Waals surface area (Å²) in [5.41, 5.74) is 1.23. The summed E-state index contributed by atoms with van der Waals surface area (Å²) >= 11 is 0. The van der Waals surface area contributed by atoms with Crippen molar-refractivity contribution in [1.29, 1.82) is 0 Å². The Hall–Kier alpha value is -1.43. The lowest BCUT2D eigenvalue weighted by molar-refractivity contribution is -0.137. The molecule has 1 aromatic carbocycles. The van der Waals surface area contributed by atoms with Gasteiger partial charge in [0.05, 0.1) is 12.5 Å². The topological polar surface area (TPSA) is 64.0 Å². The van der Waals surface area contributed by atoms with Crippen molar-refractivity contribution < 1.29 is 15.0 Å². The highest BCUT2D eigenvalue weighted by Crippen LogP contribution is 2.09. The third-order valence-corrected chi connectivity index (χ3v) is 3.56. The van der Waals surface area contributed by atoms with E-state index >= 15 is 0 Å². The average Bonchev–Trinajstić information content (AvgIpc) is 2.59. The summed E-state index contributed by atoms with van der Waals surface area (Å²) in [6.07, 6.45) is -0.291. The molecule has 5 heteroatoms. The van der Waals surface area contributed by atoms with E-state index in [9.17, 15) is 9.90 Å². The fourth-order valence-electron chi connectivity index (χ4n) is 2.56. The molecule has 1 aliphatic heterocycles. The number of carbonyl (C=O) groups is 1. The van der Waals surface area contributed by atoms with Gasteiger partial charge in [0, 0.05) is 39.3 Å². The van der Waals surface area contributed by atoms with E-state index in [1.165, 1.54) is 5.56 Å². The summed E-state index contributed by atoms with van der Waals surface area (Å²) in [5.74, 6) is -0.787. The zero-order valence-electron chi connectivity index (χ0n) is 11.6. The molecule has 1 atom stereocenters. The molecule has 2 N–H and O–H groups in total. The highest BCUT2D eigenvalue weighted by Gasteiger charge is 2.21. The quantitative estimate of drug-likeness (QED) is 0.827. The van der Waals surface area contributed by atoms with Gasteiger partial charge in [-0.05, 0) is 5.56 Å². The zero-order valence-corrected chi connectivity index (χ0v) is 11.6. The van der Waals surface area contributed by atoms with E-state index in [0.717, 1.165) is 19.6 Å². The first-order valence-electron chi connectivity index (χ1n) is 7.02. The van der Waals surface area contributed by atoms with Crippen LogP contribution in [0, 0.1) is 0 Å². The van der Waals surface area contributed by atoms with Crippen LogP contribution < -0.4 is 0 Å². The van der Waals surface area contributed by atoms with E-state index in [1.54, 1.807) is 0 Å². The average molecular weight is 278 g/mol. The lowest BCUT2D eigenvalue weighted by Crippen LogP contribution is -2.34. The van der Waals surface area contributed by atoms with Gasteiger partial charge in [-0.2, -0.15) is 0 Å². The van der Waals surface area contributed by atoms with Gasteiger partial charge in [-0.15, -0.1) is 0 Å². The van der Waals surface area contributed by atoms with Crippen molar-refractivity contribution in [1.82, 2.24) is 9.80 Å². The molecule has 0 bridgehead atoms. The van der Waals surface area contributed by atoms with Crippen LogP contribution in [-0.2, 0) is 11.3 Å². The fourth-order valence-corrected chi connectivity index (χ4v) is 2.56. The molecule has 1 aliphatic rings. The molecular formula is C15H22N2O3. The van der Waals surface area contributed by atoms with Crippen molar-refractivity contribution >= 4 is 5.97 Å². The van der Waals surface area contributed by atoms with Gasteiger partial charge in [0.15, 0.2) is 0 Å². The lowest BCUT2D eigenvalue weighted by atomic mass is 10.2. The minimum Gasteiger partial charge on any atom is -0.481 e. The minimum atomic E-state index is -0.787. The molecule has 110 valence electrons. The monoisotopic (exact) mass is 278 g/mol. The first kappa shape index (κ1) is 15.0. The van der Waals surface area contributed by atoms with Gasteiger partial charge in [-0.1, -0.05) is 30.3 Å². The van der Waals surface area contributed by atoms with Gasteiger partial charge in [0.2, 0.25) is 0 Å². The van der Waals surface area contributed by atoms with Gasteiger partial charge in [0.25, 0.3) is 0 Å². The SMILES string of the molecule is O=C(O)CCN1CCN(Cc2ccccc2)CC(O)C1. The first-order valence-corrected chi connectivity index (χ1v) is 7.02. The molecule has 0 aliphatic carbocycles. The number of nitrogens with zero attached hydrogens (tertiary/aromatic N) is 2. The van der Waals surface area contributed by atoms with Crippen LogP contribution in [0.4, 0.5) is 0 Å². The summed E-state index contributed by atoms with van der Waals surface area (Å²) in [6.45, 7) is 4.18. The smallest absolute Gasteiger partial charge is 0.304 e. The van der Waals surface area contributed by atoms with E-state index < -0.39 is 12.1 Å². The lowest BCUT2D eigenvalue weighted by Gasteiger charge is -2.21. The maximum absolute atomic E-state index is 10.6. The Kier molecular flexibility index (Phi) is 5.52. The molecule has 0 radical (unpaired) electrons. The van der Waals surface area contributed by atoms with Crippen LogP contribution in [0.2, 0.25) is 0 Å². The largest absolute Gasteiger partial charge is 0.481 e. The number of carboxylic acids is 1. The Bertz CT molecular complexity index is 424. The molecular weight excluding hydrogens is 256 g/mol. The summed E-state index contributed by atoms with van der Waals surface area (Å²) in [5, 5.41) is 18.8. The highest BCUT2D eigenvalue weighted by atomic mass is 16.4. The Balaban J connectivity index is 1.86. The van der Waals surface area contributed by atoms with E-state index in [2.05, 4.69) is 17.0 Å². The van der Waals surface area contributed by atoms with Crippen molar-refractivity contribution in [2.45, 2.75) is 19.1 Å². The number of aliphatic hydroxyl groups is 1. The Morgan fingerprint density at radius 2 is 1.80 bits per heavy atom. The van der Waals surface area contributed by atoms with Crippen LogP contribution >= 0.6 is 0 Å². The molecule has 2 rings (SSSR count). The van der Waals surface area contributed by atoms with Crippen LogP contribution in [-0.4, -0.2) is 64.8 Å². The maximum atomic E-state index is 10.6. The first-order chi connectivity index (χ1) is 9.63. The van der Waals surface area contributed by atoms with Crippen molar-refractivity contribution in [3.63, 3.8) is 0 Å². The van der Waals surface area contributed by atoms with Crippen LogP contribution in [0.1, 0.15) is 12.0 Å². The van der Waals surface area contributed by atoms with Crippen molar-refractivity contribution in [2.75, 3.05) is 32.7 Å². The Morgan fingerprint density at radius 1 is 1.15 bits per heavy atom. The number of aliphatic hydroxyl groups excluding tert-OH is 1. The van der Waals surface area contributed by atoms with Gasteiger partial charge in [0.1, 0.15) is 0 Å². The summed E-state index contributed by atoms with van der Waals surface area (Å²) in [6, 6.07) is 10.2. The number of aliphatic carboxylic acids is 1. The van der Waals surface area contributed by atoms with Gasteiger partial charge < -0.3 is 10.2 Å². The molecule has 0 saturated carbocycles. The van der Waals surface area contributed by atoms with Crippen molar-refractivity contribution in [3.05, 3.63) is 35.9 Å². The second kappa shape index (κ2) is 7.38. The minimum absolute atomic E-state index is 0.130. The van der Waals surface area contributed by atoms with Crippen molar-refractivity contribution in [3.8, 4) is 0 Å². The van der Waals surface area contributed by atoms with Crippen molar-refractivity contribution in [2.24, 2.45) is 0 Å². The van der Waals surface area contributed by atoms with Gasteiger partial charge >= 0.3 is 5.97 Å². The van der Waals surface area contributed by atoms with Crippen LogP contribution in [0.5, 0.6) is 0 Å². The molecule has 1 fully saturated rings. The second-order valence-electron chi connectivity index (χ2n) is 5.32. The number of hydrogen-bond donors (Lipinski definition) is 2. The maximum Gasteiger partial charge on any atom is 0.304 e. The number of rotatable bonds is 5. The summed E-state index contributed by atoms with van der Waals surface area (Å²) in [4.78, 5) is 14.9. The highest BCUT2D eigenvalue weighted by molar-refractivity contribution is 5.66. The molecule has 1 saturated heterocycles.